The first-order valence-electron chi connectivity index (χ1n) is 5.74. The standard InChI is InChI=1S/C11H21NO4/c1-11(12,10(13)14)5-2-3-6-16-9-4-7-15-8-9/h9H,2-8,12H2,1H3,(H,13,14). The number of aliphatic carboxylic acids is 1. The highest BCUT2D eigenvalue weighted by Crippen LogP contribution is 2.13. The van der Waals surface area contributed by atoms with Gasteiger partial charge in [-0.3, -0.25) is 4.79 Å². The maximum atomic E-state index is 10.7. The summed E-state index contributed by atoms with van der Waals surface area (Å²) in [5, 5.41) is 8.80. The van der Waals surface area contributed by atoms with Gasteiger partial charge in [0, 0.05) is 13.2 Å². The van der Waals surface area contributed by atoms with Gasteiger partial charge in [0.2, 0.25) is 0 Å². The Hall–Kier alpha value is -0.650. The molecule has 0 aliphatic carbocycles. The lowest BCUT2D eigenvalue weighted by Gasteiger charge is -2.18. The second kappa shape index (κ2) is 6.18. The Morgan fingerprint density at radius 3 is 2.94 bits per heavy atom. The molecular formula is C11H21NO4. The number of unbranched alkanes of at least 4 members (excludes halogenated alkanes) is 1. The van der Waals surface area contributed by atoms with Crippen LogP contribution in [0.25, 0.3) is 0 Å². The third-order valence-electron chi connectivity index (χ3n) is 2.82. The highest BCUT2D eigenvalue weighted by Gasteiger charge is 2.26. The Bertz CT molecular complexity index is 224. The van der Waals surface area contributed by atoms with E-state index in [9.17, 15) is 4.79 Å². The molecule has 5 heteroatoms. The molecule has 94 valence electrons. The molecule has 1 heterocycles. The van der Waals surface area contributed by atoms with Gasteiger partial charge in [0.1, 0.15) is 5.54 Å². The first-order chi connectivity index (χ1) is 7.52. The minimum atomic E-state index is -1.11. The Morgan fingerprint density at radius 2 is 2.38 bits per heavy atom. The molecule has 2 unspecified atom stereocenters. The van der Waals surface area contributed by atoms with Crippen molar-refractivity contribution in [1.29, 1.82) is 0 Å². The van der Waals surface area contributed by atoms with Crippen LogP contribution >= 0.6 is 0 Å². The summed E-state index contributed by atoms with van der Waals surface area (Å²) in [6.07, 6.45) is 3.28. The summed E-state index contributed by atoms with van der Waals surface area (Å²) in [7, 11) is 0. The lowest BCUT2D eigenvalue weighted by molar-refractivity contribution is -0.143. The van der Waals surface area contributed by atoms with E-state index < -0.39 is 11.5 Å². The number of carboxylic acids is 1. The summed E-state index contributed by atoms with van der Waals surface area (Å²) < 4.78 is 10.7. The van der Waals surface area contributed by atoms with Crippen molar-refractivity contribution < 1.29 is 19.4 Å². The molecule has 16 heavy (non-hydrogen) atoms. The van der Waals surface area contributed by atoms with Gasteiger partial charge < -0.3 is 20.3 Å². The Balaban J connectivity index is 2.01. The predicted octanol–water partition coefficient (Wildman–Crippen LogP) is 0.764. The maximum Gasteiger partial charge on any atom is 0.323 e. The lowest BCUT2D eigenvalue weighted by atomic mass is 9.97. The quantitative estimate of drug-likeness (QED) is 0.632. The lowest BCUT2D eigenvalue weighted by Crippen LogP contribution is -2.44. The fourth-order valence-electron chi connectivity index (χ4n) is 1.60. The van der Waals surface area contributed by atoms with Crippen molar-refractivity contribution in [3.63, 3.8) is 0 Å². The fraction of sp³-hybridized carbons (Fsp3) is 0.909. The Labute approximate surface area is 95.9 Å². The summed E-state index contributed by atoms with van der Waals surface area (Å²) >= 11 is 0. The average Bonchev–Trinajstić information content (AvgIpc) is 2.69. The van der Waals surface area contributed by atoms with Crippen molar-refractivity contribution in [3.8, 4) is 0 Å². The van der Waals surface area contributed by atoms with E-state index in [0.717, 1.165) is 25.9 Å². The number of hydrogen-bond acceptors (Lipinski definition) is 4. The van der Waals surface area contributed by atoms with E-state index in [1.165, 1.54) is 0 Å². The molecule has 1 rings (SSSR count). The highest BCUT2D eigenvalue weighted by molar-refractivity contribution is 5.77. The van der Waals surface area contributed by atoms with Crippen molar-refractivity contribution in [2.24, 2.45) is 5.73 Å². The van der Waals surface area contributed by atoms with Gasteiger partial charge in [0.05, 0.1) is 12.7 Å². The molecule has 0 bridgehead atoms. The van der Waals surface area contributed by atoms with E-state index in [0.29, 0.717) is 19.6 Å². The van der Waals surface area contributed by atoms with Gasteiger partial charge in [-0.2, -0.15) is 0 Å². The van der Waals surface area contributed by atoms with Crippen molar-refractivity contribution in [3.05, 3.63) is 0 Å². The van der Waals surface area contributed by atoms with Crippen molar-refractivity contribution in [1.82, 2.24) is 0 Å². The number of nitrogens with two attached hydrogens (primary N) is 1. The van der Waals surface area contributed by atoms with Gasteiger partial charge in [0.15, 0.2) is 0 Å². The van der Waals surface area contributed by atoms with Crippen LogP contribution in [0.3, 0.4) is 0 Å². The molecule has 0 spiro atoms. The topological polar surface area (TPSA) is 81.8 Å². The van der Waals surface area contributed by atoms with Gasteiger partial charge >= 0.3 is 5.97 Å². The zero-order chi connectivity index (χ0) is 12.0. The SMILES string of the molecule is CC(N)(CCCCOC1CCOC1)C(=O)O. The third kappa shape index (κ3) is 4.47. The van der Waals surface area contributed by atoms with Crippen LogP contribution in [0, 0.1) is 0 Å². The van der Waals surface area contributed by atoms with Crippen molar-refractivity contribution in [2.75, 3.05) is 19.8 Å². The highest BCUT2D eigenvalue weighted by atomic mass is 16.5. The van der Waals surface area contributed by atoms with Crippen LogP contribution in [-0.4, -0.2) is 42.5 Å². The summed E-state index contributed by atoms with van der Waals surface area (Å²) in [6, 6.07) is 0. The van der Waals surface area contributed by atoms with Gasteiger partial charge in [-0.1, -0.05) is 0 Å². The van der Waals surface area contributed by atoms with Crippen LogP contribution in [0.2, 0.25) is 0 Å². The van der Waals surface area contributed by atoms with E-state index >= 15 is 0 Å². The molecule has 2 atom stereocenters. The summed E-state index contributed by atoms with van der Waals surface area (Å²) in [5.74, 6) is -0.947. The fourth-order valence-corrected chi connectivity index (χ4v) is 1.60. The third-order valence-corrected chi connectivity index (χ3v) is 2.82. The largest absolute Gasteiger partial charge is 0.480 e. The molecule has 0 aromatic heterocycles. The molecule has 0 saturated carbocycles. The van der Waals surface area contributed by atoms with E-state index in [4.69, 9.17) is 20.3 Å². The van der Waals surface area contributed by atoms with Crippen molar-refractivity contribution in [2.45, 2.75) is 44.2 Å². The van der Waals surface area contributed by atoms with Gasteiger partial charge in [-0.25, -0.2) is 0 Å². The van der Waals surface area contributed by atoms with Crippen LogP contribution in [0.1, 0.15) is 32.6 Å². The summed E-state index contributed by atoms with van der Waals surface area (Å²) in [4.78, 5) is 10.7. The molecule has 1 aliphatic heterocycles. The molecule has 3 N–H and O–H groups in total. The van der Waals surface area contributed by atoms with Crippen LogP contribution in [0.4, 0.5) is 0 Å². The molecule has 0 amide bonds. The van der Waals surface area contributed by atoms with Crippen LogP contribution < -0.4 is 5.73 Å². The zero-order valence-corrected chi connectivity index (χ0v) is 9.78. The molecule has 1 saturated heterocycles. The van der Waals surface area contributed by atoms with Crippen LogP contribution in [-0.2, 0) is 14.3 Å². The molecule has 0 aromatic rings. The predicted molar refractivity (Wildman–Crippen MR) is 59.3 cm³/mol. The monoisotopic (exact) mass is 231 g/mol. The van der Waals surface area contributed by atoms with Crippen molar-refractivity contribution >= 4 is 5.97 Å². The minimum Gasteiger partial charge on any atom is -0.480 e. The van der Waals surface area contributed by atoms with E-state index in [2.05, 4.69) is 0 Å². The average molecular weight is 231 g/mol. The van der Waals surface area contributed by atoms with Gasteiger partial charge in [-0.15, -0.1) is 0 Å². The molecule has 0 aromatic carbocycles. The molecular weight excluding hydrogens is 210 g/mol. The van der Waals surface area contributed by atoms with Gasteiger partial charge in [-0.05, 0) is 32.6 Å². The summed E-state index contributed by atoms with van der Waals surface area (Å²) in [5.41, 5.74) is 4.49. The number of ether oxygens (including phenoxy) is 2. The molecule has 5 nitrogen and oxygen atoms in total. The normalized spacial score (nSPS) is 24.2. The molecule has 1 fully saturated rings. The van der Waals surface area contributed by atoms with Crippen LogP contribution in [0.15, 0.2) is 0 Å². The van der Waals surface area contributed by atoms with Gasteiger partial charge in [0.25, 0.3) is 0 Å². The first kappa shape index (κ1) is 13.4. The number of carboxylic acid groups (broad SMARTS) is 1. The smallest absolute Gasteiger partial charge is 0.323 e. The second-order valence-corrected chi connectivity index (χ2v) is 4.54. The maximum absolute atomic E-state index is 10.7. The first-order valence-corrected chi connectivity index (χ1v) is 5.74. The molecule has 1 aliphatic rings. The molecule has 0 radical (unpaired) electrons. The van der Waals surface area contributed by atoms with E-state index in [1.54, 1.807) is 6.92 Å². The Kier molecular flexibility index (Phi) is 5.18. The summed E-state index contributed by atoms with van der Waals surface area (Å²) in [6.45, 7) is 3.67. The zero-order valence-electron chi connectivity index (χ0n) is 9.78. The number of rotatable bonds is 7. The Morgan fingerprint density at radius 1 is 1.62 bits per heavy atom. The second-order valence-electron chi connectivity index (χ2n) is 4.54. The number of hydrogen-bond donors (Lipinski definition) is 2. The van der Waals surface area contributed by atoms with E-state index in [-0.39, 0.29) is 6.10 Å². The minimum absolute atomic E-state index is 0.226. The number of carbonyl (C=O) groups is 1. The van der Waals surface area contributed by atoms with Crippen LogP contribution in [0.5, 0.6) is 0 Å². The van der Waals surface area contributed by atoms with E-state index in [1.807, 2.05) is 0 Å².